The van der Waals surface area contributed by atoms with Crippen LogP contribution in [0.1, 0.15) is 15.9 Å². The smallest absolute Gasteiger partial charge is 0.266 e. The molecule has 0 amide bonds. The highest BCUT2D eigenvalue weighted by atomic mass is 35.5. The molecular weight excluding hydrogens is 442 g/mol. The molecule has 0 aliphatic heterocycles. The van der Waals surface area contributed by atoms with E-state index in [4.69, 9.17) is 16.6 Å². The number of carbonyl (C=O) groups is 1. The summed E-state index contributed by atoms with van der Waals surface area (Å²) in [4.78, 5) is 34.3. The molecule has 0 unspecified atom stereocenters. The van der Waals surface area contributed by atoms with Gasteiger partial charge in [-0.05, 0) is 42.8 Å². The molecule has 0 saturated heterocycles. The first-order valence-electron chi connectivity index (χ1n) is 10.0. The molecule has 2 aromatic heterocycles. The van der Waals surface area contributed by atoms with Crippen LogP contribution in [0.2, 0.25) is 5.02 Å². The third-order valence-electron chi connectivity index (χ3n) is 5.45. The Morgan fingerprint density at radius 2 is 1.78 bits per heavy atom. The Hall–Kier alpha value is -3.35. The Bertz CT molecular complexity index is 1550. The van der Waals surface area contributed by atoms with Crippen LogP contribution < -0.4 is 5.56 Å². The molecule has 5 nitrogen and oxygen atoms in total. The average molecular weight is 460 g/mol. The van der Waals surface area contributed by atoms with Gasteiger partial charge in [-0.15, -0.1) is 0 Å². The highest BCUT2D eigenvalue weighted by molar-refractivity contribution is 7.99. The minimum atomic E-state index is -0.192. The van der Waals surface area contributed by atoms with Gasteiger partial charge in [0.05, 0.1) is 22.3 Å². The van der Waals surface area contributed by atoms with E-state index in [0.29, 0.717) is 32.3 Å². The third kappa shape index (κ3) is 3.51. The van der Waals surface area contributed by atoms with Crippen molar-refractivity contribution in [2.45, 2.75) is 12.1 Å². The Morgan fingerprint density at radius 3 is 2.62 bits per heavy atom. The first kappa shape index (κ1) is 20.5. The van der Waals surface area contributed by atoms with Gasteiger partial charge >= 0.3 is 0 Å². The van der Waals surface area contributed by atoms with Crippen molar-refractivity contribution in [3.05, 3.63) is 99.4 Å². The number of aromatic amines is 1. The van der Waals surface area contributed by atoms with Crippen molar-refractivity contribution < 1.29 is 4.79 Å². The van der Waals surface area contributed by atoms with Gasteiger partial charge in [-0.3, -0.25) is 14.2 Å². The van der Waals surface area contributed by atoms with Crippen LogP contribution in [0.5, 0.6) is 0 Å². The summed E-state index contributed by atoms with van der Waals surface area (Å²) in [6.07, 6.45) is 1.73. The van der Waals surface area contributed by atoms with Gasteiger partial charge < -0.3 is 4.98 Å². The number of hydrogen-bond acceptors (Lipinski definition) is 4. The first-order chi connectivity index (χ1) is 15.5. The fourth-order valence-corrected chi connectivity index (χ4v) is 4.83. The van der Waals surface area contributed by atoms with Gasteiger partial charge in [0, 0.05) is 27.7 Å². The number of halogens is 1. The quantitative estimate of drug-likeness (QED) is 0.205. The SMILES string of the molecule is Cc1c(Cl)cccc1-n1c(SCC(=O)c2c[nH]c3ccccc23)nc2ccccc2c1=O. The van der Waals surface area contributed by atoms with Crippen LogP contribution in [0.3, 0.4) is 0 Å². The van der Waals surface area contributed by atoms with E-state index in [9.17, 15) is 9.59 Å². The summed E-state index contributed by atoms with van der Waals surface area (Å²) in [5.74, 6) is 0.107. The number of carbonyl (C=O) groups excluding carboxylic acids is 1. The molecule has 158 valence electrons. The maximum atomic E-state index is 13.4. The number of fused-ring (bicyclic) bond motifs is 2. The van der Waals surface area contributed by atoms with Crippen LogP contribution in [0.4, 0.5) is 0 Å². The summed E-state index contributed by atoms with van der Waals surface area (Å²) >= 11 is 7.58. The number of H-pyrrole nitrogens is 1. The van der Waals surface area contributed by atoms with Gasteiger partial charge in [-0.25, -0.2) is 4.98 Å². The van der Waals surface area contributed by atoms with Gasteiger partial charge in [0.1, 0.15) is 0 Å². The number of aromatic nitrogens is 3. The van der Waals surface area contributed by atoms with E-state index in [2.05, 4.69) is 4.98 Å². The second-order valence-corrected chi connectivity index (χ2v) is 8.75. The first-order valence-corrected chi connectivity index (χ1v) is 11.4. The molecule has 0 bridgehead atoms. The fourth-order valence-electron chi connectivity index (χ4n) is 3.77. The number of Topliss-reactive ketones (excluding diaryl/α,β-unsaturated/α-hetero) is 1. The number of hydrogen-bond donors (Lipinski definition) is 1. The van der Waals surface area contributed by atoms with Gasteiger partial charge in [0.15, 0.2) is 10.9 Å². The maximum Gasteiger partial charge on any atom is 0.266 e. The van der Waals surface area contributed by atoms with Crippen molar-refractivity contribution in [1.29, 1.82) is 0 Å². The molecule has 2 heterocycles. The lowest BCUT2D eigenvalue weighted by Gasteiger charge is -2.15. The van der Waals surface area contributed by atoms with Gasteiger partial charge in [-0.2, -0.15) is 0 Å². The van der Waals surface area contributed by atoms with E-state index in [0.717, 1.165) is 16.5 Å². The molecule has 0 fully saturated rings. The van der Waals surface area contributed by atoms with Gasteiger partial charge in [0.25, 0.3) is 5.56 Å². The fraction of sp³-hybridized carbons (Fsp3) is 0.0800. The number of para-hydroxylation sites is 2. The molecule has 0 saturated carbocycles. The third-order valence-corrected chi connectivity index (χ3v) is 6.79. The van der Waals surface area contributed by atoms with Gasteiger partial charge in [-0.1, -0.05) is 59.8 Å². The largest absolute Gasteiger partial charge is 0.360 e. The van der Waals surface area contributed by atoms with Crippen LogP contribution in [0.15, 0.2) is 82.9 Å². The topological polar surface area (TPSA) is 67.8 Å². The number of benzene rings is 3. The number of nitrogens with one attached hydrogen (secondary N) is 1. The zero-order valence-electron chi connectivity index (χ0n) is 17.1. The molecule has 1 N–H and O–H groups in total. The lowest BCUT2D eigenvalue weighted by atomic mass is 10.1. The summed E-state index contributed by atoms with van der Waals surface area (Å²) in [5.41, 5.74) is 3.37. The molecule has 5 aromatic rings. The summed E-state index contributed by atoms with van der Waals surface area (Å²) in [6.45, 7) is 1.87. The van der Waals surface area contributed by atoms with E-state index < -0.39 is 0 Å². The van der Waals surface area contributed by atoms with Crippen LogP contribution in [-0.4, -0.2) is 26.1 Å². The zero-order chi connectivity index (χ0) is 22.2. The molecule has 3 aromatic carbocycles. The average Bonchev–Trinajstić information content (AvgIpc) is 3.24. The van der Waals surface area contributed by atoms with Crippen molar-refractivity contribution in [3.63, 3.8) is 0 Å². The molecule has 0 spiro atoms. The van der Waals surface area contributed by atoms with Crippen molar-refractivity contribution >= 4 is 51.0 Å². The van der Waals surface area contributed by atoms with E-state index in [1.807, 2.05) is 49.4 Å². The minimum absolute atomic E-state index is 0.0378. The summed E-state index contributed by atoms with van der Waals surface area (Å²) in [5, 5.41) is 2.41. The normalized spacial score (nSPS) is 11.3. The summed E-state index contributed by atoms with van der Waals surface area (Å²) in [6, 6.07) is 20.3. The predicted octanol–water partition coefficient (Wildman–Crippen LogP) is 5.80. The lowest BCUT2D eigenvalue weighted by molar-refractivity contribution is 0.102. The van der Waals surface area contributed by atoms with Crippen LogP contribution in [0.25, 0.3) is 27.5 Å². The second kappa shape index (κ2) is 8.30. The van der Waals surface area contributed by atoms with Crippen LogP contribution in [-0.2, 0) is 0 Å². The maximum absolute atomic E-state index is 13.4. The van der Waals surface area contributed by atoms with E-state index in [-0.39, 0.29) is 17.1 Å². The Morgan fingerprint density at radius 1 is 1.03 bits per heavy atom. The van der Waals surface area contributed by atoms with Crippen molar-refractivity contribution in [1.82, 2.24) is 14.5 Å². The van der Waals surface area contributed by atoms with Crippen molar-refractivity contribution in [2.75, 3.05) is 5.75 Å². The molecule has 5 rings (SSSR count). The number of thioether (sulfide) groups is 1. The molecule has 0 atom stereocenters. The van der Waals surface area contributed by atoms with E-state index >= 15 is 0 Å². The van der Waals surface area contributed by atoms with Crippen molar-refractivity contribution in [3.8, 4) is 5.69 Å². The van der Waals surface area contributed by atoms with Crippen molar-refractivity contribution in [2.24, 2.45) is 0 Å². The Kier molecular flexibility index (Phi) is 5.33. The minimum Gasteiger partial charge on any atom is -0.360 e. The Labute approximate surface area is 193 Å². The zero-order valence-corrected chi connectivity index (χ0v) is 18.7. The molecule has 7 heteroatoms. The molecule has 32 heavy (non-hydrogen) atoms. The highest BCUT2D eigenvalue weighted by Gasteiger charge is 2.18. The number of ketones is 1. The number of nitrogens with zero attached hydrogens (tertiary/aromatic N) is 2. The van der Waals surface area contributed by atoms with Crippen LogP contribution >= 0.6 is 23.4 Å². The van der Waals surface area contributed by atoms with Crippen LogP contribution in [0, 0.1) is 6.92 Å². The summed E-state index contributed by atoms with van der Waals surface area (Å²) in [7, 11) is 0. The summed E-state index contributed by atoms with van der Waals surface area (Å²) < 4.78 is 1.55. The lowest BCUT2D eigenvalue weighted by Crippen LogP contribution is -2.23. The predicted molar refractivity (Wildman–Crippen MR) is 130 cm³/mol. The molecule has 0 radical (unpaired) electrons. The second-order valence-electron chi connectivity index (χ2n) is 7.40. The molecular formula is C25H18ClN3O2S. The molecule has 0 aliphatic rings. The van der Waals surface area contributed by atoms with E-state index in [1.165, 1.54) is 11.8 Å². The monoisotopic (exact) mass is 459 g/mol. The van der Waals surface area contributed by atoms with E-state index in [1.54, 1.807) is 35.0 Å². The highest BCUT2D eigenvalue weighted by Crippen LogP contribution is 2.28. The van der Waals surface area contributed by atoms with Gasteiger partial charge in [0.2, 0.25) is 0 Å². The Balaban J connectivity index is 1.59. The molecule has 0 aliphatic carbocycles. The standard InChI is InChI=1S/C25H18ClN3O2S/c1-15-19(26)9-6-12-22(15)29-24(31)17-8-3-5-11-21(17)28-25(29)32-14-23(30)18-13-27-20-10-4-2-7-16(18)20/h2-13,27H,14H2,1H3. The number of rotatable bonds is 5.